The number of hydrazine groups is 1. The Labute approximate surface area is 171 Å². The van der Waals surface area contributed by atoms with Crippen molar-refractivity contribution in [3.8, 4) is 0 Å². The number of Topliss-reactive ketones (excluding diaryl/α,β-unsaturated/α-hetero) is 1. The normalized spacial score (nSPS) is 16.4. The molecule has 3 rings (SSSR count). The fourth-order valence-corrected chi connectivity index (χ4v) is 3.50. The van der Waals surface area contributed by atoms with Crippen LogP contribution in [0.5, 0.6) is 0 Å². The fraction of sp³-hybridized carbons (Fsp3) is 0.348. The van der Waals surface area contributed by atoms with Crippen LogP contribution < -0.4 is 0 Å². The summed E-state index contributed by atoms with van der Waals surface area (Å²) in [6, 6.07) is 18.4. The maximum atomic E-state index is 13.0. The summed E-state index contributed by atoms with van der Waals surface area (Å²) in [5.41, 5.74) is 1.90. The molecule has 0 radical (unpaired) electrons. The van der Waals surface area contributed by atoms with Gasteiger partial charge in [0.15, 0.2) is 5.78 Å². The van der Waals surface area contributed by atoms with Gasteiger partial charge < -0.3 is 4.74 Å². The molecule has 2 amide bonds. The van der Waals surface area contributed by atoms with Crippen LogP contribution in [0, 0.1) is 0 Å². The van der Waals surface area contributed by atoms with Crippen LogP contribution in [0.3, 0.4) is 0 Å². The predicted octanol–water partition coefficient (Wildman–Crippen LogP) is 3.75. The lowest BCUT2D eigenvalue weighted by Crippen LogP contribution is -2.59. The van der Waals surface area contributed by atoms with Gasteiger partial charge >= 0.3 is 6.09 Å². The third-order valence-corrected chi connectivity index (χ3v) is 5.01. The minimum absolute atomic E-state index is 0.118. The molecule has 6 heteroatoms. The van der Waals surface area contributed by atoms with Gasteiger partial charge in [-0.2, -0.15) is 0 Å². The summed E-state index contributed by atoms with van der Waals surface area (Å²) in [5, 5.41) is 2.62. The first-order chi connectivity index (χ1) is 14.1. The Kier molecular flexibility index (Phi) is 7.00. The first-order valence-corrected chi connectivity index (χ1v) is 9.91. The Morgan fingerprint density at radius 1 is 0.966 bits per heavy atom. The largest absolute Gasteiger partial charge is 0.443 e. The van der Waals surface area contributed by atoms with Crippen LogP contribution in [0.25, 0.3) is 0 Å². The molecule has 1 saturated heterocycles. The van der Waals surface area contributed by atoms with E-state index in [0.717, 1.165) is 11.1 Å². The van der Waals surface area contributed by atoms with Crippen LogP contribution in [-0.4, -0.2) is 40.4 Å². The first kappa shape index (κ1) is 20.6. The van der Waals surface area contributed by atoms with Crippen LogP contribution in [0.15, 0.2) is 60.7 Å². The van der Waals surface area contributed by atoms with Gasteiger partial charge in [-0.3, -0.25) is 9.59 Å². The van der Waals surface area contributed by atoms with Gasteiger partial charge in [-0.15, -0.1) is 0 Å². The predicted molar refractivity (Wildman–Crippen MR) is 109 cm³/mol. The highest BCUT2D eigenvalue weighted by atomic mass is 16.6. The lowest BCUT2D eigenvalue weighted by atomic mass is 10.0. The fourth-order valence-electron chi connectivity index (χ4n) is 3.50. The third-order valence-electron chi connectivity index (χ3n) is 5.01. The average Bonchev–Trinajstić information content (AvgIpc) is 2.76. The average molecular weight is 394 g/mol. The molecule has 152 valence electrons. The van der Waals surface area contributed by atoms with Gasteiger partial charge in [0.25, 0.3) is 0 Å². The van der Waals surface area contributed by atoms with Crippen LogP contribution >= 0.6 is 0 Å². The van der Waals surface area contributed by atoms with E-state index in [-0.39, 0.29) is 24.7 Å². The summed E-state index contributed by atoms with van der Waals surface area (Å²) in [7, 11) is 0. The molecule has 1 atom stereocenters. The van der Waals surface area contributed by atoms with Gasteiger partial charge in [0, 0.05) is 13.0 Å². The molecular formula is C23H26N2O4. The van der Waals surface area contributed by atoms with Gasteiger partial charge in [0.2, 0.25) is 5.91 Å². The molecule has 2 aromatic rings. The topological polar surface area (TPSA) is 66.9 Å². The zero-order chi connectivity index (χ0) is 20.6. The number of hydrogen-bond donors (Lipinski definition) is 0. The van der Waals surface area contributed by atoms with Crippen LogP contribution in [0.2, 0.25) is 0 Å². The summed E-state index contributed by atoms with van der Waals surface area (Å²) >= 11 is 0. The van der Waals surface area contributed by atoms with E-state index in [1.54, 1.807) is 0 Å². The molecule has 0 saturated carbocycles. The lowest BCUT2D eigenvalue weighted by Gasteiger charge is -2.42. The van der Waals surface area contributed by atoms with Gasteiger partial charge in [-0.1, -0.05) is 60.7 Å². The van der Waals surface area contributed by atoms with Crippen molar-refractivity contribution in [3.05, 3.63) is 71.8 Å². The van der Waals surface area contributed by atoms with Gasteiger partial charge in [0.05, 0.1) is 0 Å². The number of benzene rings is 2. The number of rotatable bonds is 6. The van der Waals surface area contributed by atoms with Crippen molar-refractivity contribution in [2.24, 2.45) is 0 Å². The number of ether oxygens (including phenoxy) is 1. The smallest absolute Gasteiger partial charge is 0.429 e. The highest BCUT2D eigenvalue weighted by Gasteiger charge is 2.38. The summed E-state index contributed by atoms with van der Waals surface area (Å²) < 4.78 is 5.42. The van der Waals surface area contributed by atoms with E-state index < -0.39 is 12.1 Å². The van der Waals surface area contributed by atoms with E-state index in [0.29, 0.717) is 25.8 Å². The Hall–Kier alpha value is -3.15. The Bertz CT molecular complexity index is 838. The van der Waals surface area contributed by atoms with Crippen molar-refractivity contribution in [1.82, 2.24) is 10.0 Å². The summed E-state index contributed by atoms with van der Waals surface area (Å²) in [4.78, 5) is 37.9. The monoisotopic (exact) mass is 394 g/mol. The molecule has 1 aliphatic heterocycles. The molecule has 29 heavy (non-hydrogen) atoms. The van der Waals surface area contributed by atoms with Gasteiger partial charge in [-0.05, 0) is 37.3 Å². The van der Waals surface area contributed by atoms with E-state index in [2.05, 4.69) is 0 Å². The molecule has 0 aromatic heterocycles. The second-order valence-corrected chi connectivity index (χ2v) is 7.16. The van der Waals surface area contributed by atoms with Crippen LogP contribution in [0.4, 0.5) is 4.79 Å². The zero-order valence-corrected chi connectivity index (χ0v) is 16.6. The maximum absolute atomic E-state index is 13.0. The SMILES string of the molecule is CC(=O)[C@@H]1CCCN(C(=O)OCc2ccccc2)N1C(=O)CCc1ccccc1. The summed E-state index contributed by atoms with van der Waals surface area (Å²) in [6.07, 6.45) is 1.36. The van der Waals surface area contributed by atoms with Crippen molar-refractivity contribution in [3.63, 3.8) is 0 Å². The van der Waals surface area contributed by atoms with Crippen LogP contribution in [0.1, 0.15) is 37.3 Å². The van der Waals surface area contributed by atoms with E-state index in [9.17, 15) is 14.4 Å². The Morgan fingerprint density at radius 3 is 2.21 bits per heavy atom. The number of hydrogen-bond acceptors (Lipinski definition) is 4. The zero-order valence-electron chi connectivity index (χ0n) is 16.6. The van der Waals surface area contributed by atoms with Crippen molar-refractivity contribution >= 4 is 17.8 Å². The summed E-state index contributed by atoms with van der Waals surface area (Å²) in [5.74, 6) is -0.371. The molecule has 0 aliphatic carbocycles. The van der Waals surface area contributed by atoms with E-state index in [1.807, 2.05) is 60.7 Å². The van der Waals surface area contributed by atoms with E-state index in [4.69, 9.17) is 4.74 Å². The quantitative estimate of drug-likeness (QED) is 0.748. The minimum atomic E-state index is -0.628. The van der Waals surface area contributed by atoms with E-state index >= 15 is 0 Å². The van der Waals surface area contributed by atoms with Crippen molar-refractivity contribution in [2.45, 2.75) is 45.3 Å². The third kappa shape index (κ3) is 5.44. The highest BCUT2D eigenvalue weighted by Crippen LogP contribution is 2.22. The van der Waals surface area contributed by atoms with E-state index in [1.165, 1.54) is 16.9 Å². The number of carbonyl (C=O) groups is 3. The Morgan fingerprint density at radius 2 is 1.59 bits per heavy atom. The molecular weight excluding hydrogens is 368 g/mol. The summed E-state index contributed by atoms with van der Waals surface area (Å²) in [6.45, 7) is 1.93. The molecule has 2 aromatic carbocycles. The van der Waals surface area contributed by atoms with Gasteiger partial charge in [-0.25, -0.2) is 14.8 Å². The molecule has 1 aliphatic rings. The van der Waals surface area contributed by atoms with Crippen molar-refractivity contribution < 1.29 is 19.1 Å². The standard InChI is InChI=1S/C23H26N2O4/c1-18(26)21-13-8-16-24(23(28)29-17-20-11-6-3-7-12-20)25(21)22(27)15-14-19-9-4-2-5-10-19/h2-7,9-12,21H,8,13-17H2,1H3/t21-/m0/s1. The van der Waals surface area contributed by atoms with Crippen molar-refractivity contribution in [2.75, 3.05) is 6.54 Å². The molecule has 0 spiro atoms. The molecule has 0 N–H and O–H groups in total. The number of nitrogens with zero attached hydrogens (tertiary/aromatic N) is 2. The second-order valence-electron chi connectivity index (χ2n) is 7.16. The number of ketones is 1. The number of aryl methyl sites for hydroxylation is 1. The maximum Gasteiger partial charge on any atom is 0.429 e. The first-order valence-electron chi connectivity index (χ1n) is 9.91. The molecule has 1 fully saturated rings. The van der Waals surface area contributed by atoms with Crippen LogP contribution in [-0.2, 0) is 27.4 Å². The van der Waals surface area contributed by atoms with Crippen molar-refractivity contribution in [1.29, 1.82) is 0 Å². The second kappa shape index (κ2) is 9.87. The number of amides is 2. The molecule has 1 heterocycles. The Balaban J connectivity index is 1.69. The number of carbonyl (C=O) groups excluding carboxylic acids is 3. The van der Waals surface area contributed by atoms with Gasteiger partial charge in [0.1, 0.15) is 12.6 Å². The molecule has 0 bridgehead atoms. The lowest BCUT2D eigenvalue weighted by molar-refractivity contribution is -0.162. The molecule has 6 nitrogen and oxygen atoms in total. The minimum Gasteiger partial charge on any atom is -0.443 e. The molecule has 0 unspecified atom stereocenters. The highest BCUT2D eigenvalue weighted by molar-refractivity contribution is 5.89.